The number of aromatic nitrogens is 3. The predicted octanol–water partition coefficient (Wildman–Crippen LogP) is 4.63. The molecule has 0 fully saturated rings. The molecule has 5 rings (SSSR count). The highest BCUT2D eigenvalue weighted by molar-refractivity contribution is 5.94. The maximum absolute atomic E-state index is 13.0. The average molecular weight is 410 g/mol. The summed E-state index contributed by atoms with van der Waals surface area (Å²) >= 11 is 0. The molecule has 2 heterocycles. The number of nitrogens with one attached hydrogen (secondary N) is 2. The van der Waals surface area contributed by atoms with Crippen LogP contribution in [0.1, 0.15) is 23.9 Å². The number of imidazole rings is 1. The van der Waals surface area contributed by atoms with Crippen LogP contribution in [0.4, 0.5) is 5.69 Å². The Balaban J connectivity index is 1.44. The van der Waals surface area contributed by atoms with Gasteiger partial charge in [0.1, 0.15) is 12.4 Å². The molecular formula is C25H22N4O2. The summed E-state index contributed by atoms with van der Waals surface area (Å²) in [7, 11) is 0. The van der Waals surface area contributed by atoms with Gasteiger partial charge in [-0.3, -0.25) is 4.79 Å². The SMILES string of the molecule is O=C(C[C@@H](c1cccc2ccccc12)n1cccc1)Nc1ccc2nc(CO)[nH]c2c1. The third-order valence-electron chi connectivity index (χ3n) is 5.51. The van der Waals surface area contributed by atoms with Crippen molar-refractivity contribution in [1.82, 2.24) is 14.5 Å². The fourth-order valence-corrected chi connectivity index (χ4v) is 4.08. The molecule has 31 heavy (non-hydrogen) atoms. The predicted molar refractivity (Wildman–Crippen MR) is 122 cm³/mol. The first kappa shape index (κ1) is 19.1. The van der Waals surface area contributed by atoms with Crippen LogP contribution in [0.5, 0.6) is 0 Å². The van der Waals surface area contributed by atoms with E-state index >= 15 is 0 Å². The summed E-state index contributed by atoms with van der Waals surface area (Å²) in [5.41, 5.74) is 3.33. The Morgan fingerprint density at radius 1 is 1.03 bits per heavy atom. The van der Waals surface area contributed by atoms with Crippen LogP contribution in [0.3, 0.4) is 0 Å². The maximum Gasteiger partial charge on any atom is 0.226 e. The van der Waals surface area contributed by atoms with E-state index in [1.165, 1.54) is 0 Å². The number of amides is 1. The van der Waals surface area contributed by atoms with Gasteiger partial charge in [0.25, 0.3) is 0 Å². The molecule has 0 bridgehead atoms. The lowest BCUT2D eigenvalue weighted by Gasteiger charge is -2.21. The molecule has 6 nitrogen and oxygen atoms in total. The van der Waals surface area contributed by atoms with Gasteiger partial charge in [-0.15, -0.1) is 0 Å². The van der Waals surface area contributed by atoms with Crippen molar-refractivity contribution in [1.29, 1.82) is 0 Å². The number of carbonyl (C=O) groups is 1. The number of benzene rings is 3. The monoisotopic (exact) mass is 410 g/mol. The normalized spacial score (nSPS) is 12.3. The zero-order valence-corrected chi connectivity index (χ0v) is 16.8. The fraction of sp³-hybridized carbons (Fsp3) is 0.120. The molecule has 0 spiro atoms. The maximum atomic E-state index is 13.0. The van der Waals surface area contributed by atoms with Crippen molar-refractivity contribution in [2.75, 3.05) is 5.32 Å². The van der Waals surface area contributed by atoms with Crippen molar-refractivity contribution in [2.24, 2.45) is 0 Å². The quantitative estimate of drug-likeness (QED) is 0.382. The van der Waals surface area contributed by atoms with Crippen molar-refractivity contribution in [2.45, 2.75) is 19.1 Å². The highest BCUT2D eigenvalue weighted by Gasteiger charge is 2.20. The first-order chi connectivity index (χ1) is 15.2. The Morgan fingerprint density at radius 2 is 1.84 bits per heavy atom. The summed E-state index contributed by atoms with van der Waals surface area (Å²) in [5.74, 6) is 0.426. The molecule has 0 aliphatic rings. The molecule has 3 N–H and O–H groups in total. The minimum Gasteiger partial charge on any atom is -0.388 e. The largest absolute Gasteiger partial charge is 0.388 e. The summed E-state index contributed by atoms with van der Waals surface area (Å²) in [6.45, 7) is -0.153. The number of rotatable bonds is 6. The molecule has 0 aliphatic heterocycles. The molecule has 1 amide bonds. The lowest BCUT2D eigenvalue weighted by Crippen LogP contribution is -2.19. The highest BCUT2D eigenvalue weighted by atomic mass is 16.3. The number of aliphatic hydroxyl groups is 1. The van der Waals surface area contributed by atoms with Gasteiger partial charge in [0.2, 0.25) is 5.91 Å². The van der Waals surface area contributed by atoms with Crippen LogP contribution >= 0.6 is 0 Å². The molecule has 3 aromatic carbocycles. The number of H-pyrrole nitrogens is 1. The van der Waals surface area contributed by atoms with Gasteiger partial charge >= 0.3 is 0 Å². The van der Waals surface area contributed by atoms with Gasteiger partial charge in [0.15, 0.2) is 0 Å². The molecule has 0 radical (unpaired) electrons. The second-order valence-corrected chi connectivity index (χ2v) is 7.54. The molecule has 0 aliphatic carbocycles. The van der Waals surface area contributed by atoms with Gasteiger partial charge in [-0.05, 0) is 46.7 Å². The second-order valence-electron chi connectivity index (χ2n) is 7.54. The van der Waals surface area contributed by atoms with E-state index in [0.717, 1.165) is 27.4 Å². The van der Waals surface area contributed by atoms with E-state index < -0.39 is 0 Å². The Morgan fingerprint density at radius 3 is 2.68 bits per heavy atom. The van der Waals surface area contributed by atoms with Crippen LogP contribution in [0.15, 0.2) is 85.2 Å². The topological polar surface area (TPSA) is 82.9 Å². The number of nitrogens with zero attached hydrogens (tertiary/aromatic N) is 2. The third kappa shape index (κ3) is 3.81. The zero-order valence-electron chi connectivity index (χ0n) is 16.8. The summed E-state index contributed by atoms with van der Waals surface area (Å²) in [6, 6.07) is 23.8. The highest BCUT2D eigenvalue weighted by Crippen LogP contribution is 2.30. The second kappa shape index (κ2) is 8.08. The van der Waals surface area contributed by atoms with E-state index in [9.17, 15) is 9.90 Å². The van der Waals surface area contributed by atoms with Gasteiger partial charge in [-0.1, -0.05) is 42.5 Å². The number of anilines is 1. The molecular weight excluding hydrogens is 388 g/mol. The zero-order chi connectivity index (χ0) is 21.2. The molecule has 0 saturated heterocycles. The lowest BCUT2D eigenvalue weighted by molar-refractivity contribution is -0.116. The van der Waals surface area contributed by atoms with Gasteiger partial charge in [0, 0.05) is 18.1 Å². The first-order valence-corrected chi connectivity index (χ1v) is 10.2. The number of fused-ring (bicyclic) bond motifs is 2. The number of hydrogen-bond acceptors (Lipinski definition) is 3. The Kier molecular flexibility index (Phi) is 4.98. The summed E-state index contributed by atoms with van der Waals surface area (Å²) in [5, 5.41) is 14.6. The molecule has 5 aromatic rings. The van der Waals surface area contributed by atoms with Crippen molar-refractivity contribution in [3.8, 4) is 0 Å². The standard InChI is InChI=1S/C25H22N4O2/c30-16-24-27-21-11-10-18(14-22(21)28-24)26-25(31)15-23(29-12-3-4-13-29)20-9-5-7-17-6-1-2-8-19(17)20/h1-14,23,30H,15-16H2,(H,26,31)(H,27,28)/t23-/m0/s1. The number of carbonyl (C=O) groups excluding carboxylic acids is 1. The van der Waals surface area contributed by atoms with E-state index in [1.54, 1.807) is 0 Å². The van der Waals surface area contributed by atoms with Crippen molar-refractivity contribution < 1.29 is 9.90 Å². The van der Waals surface area contributed by atoms with Gasteiger partial charge in [-0.2, -0.15) is 0 Å². The molecule has 154 valence electrons. The Labute approximate surface area is 179 Å². The lowest BCUT2D eigenvalue weighted by atomic mass is 9.96. The van der Waals surface area contributed by atoms with Crippen molar-refractivity contribution in [3.63, 3.8) is 0 Å². The van der Waals surface area contributed by atoms with Crippen molar-refractivity contribution >= 4 is 33.4 Å². The van der Waals surface area contributed by atoms with Crippen LogP contribution < -0.4 is 5.32 Å². The summed E-state index contributed by atoms with van der Waals surface area (Å²) < 4.78 is 2.08. The summed E-state index contributed by atoms with van der Waals surface area (Å²) in [6.07, 6.45) is 4.28. The number of aliphatic hydroxyl groups excluding tert-OH is 1. The molecule has 2 aromatic heterocycles. The van der Waals surface area contributed by atoms with E-state index in [1.807, 2.05) is 60.9 Å². The van der Waals surface area contributed by atoms with Gasteiger partial charge in [-0.25, -0.2) is 4.98 Å². The number of hydrogen-bond donors (Lipinski definition) is 3. The first-order valence-electron chi connectivity index (χ1n) is 10.2. The number of aromatic amines is 1. The molecule has 1 atom stereocenters. The third-order valence-corrected chi connectivity index (χ3v) is 5.51. The molecule has 6 heteroatoms. The van der Waals surface area contributed by atoms with Gasteiger partial charge in [0.05, 0.1) is 23.5 Å². The Hall–Kier alpha value is -3.90. The van der Waals surface area contributed by atoms with E-state index in [4.69, 9.17) is 0 Å². The minimum absolute atomic E-state index is 0.0760. The van der Waals surface area contributed by atoms with E-state index in [0.29, 0.717) is 17.9 Å². The Bertz CT molecular complexity index is 1350. The molecule has 0 saturated carbocycles. The molecule has 0 unspecified atom stereocenters. The van der Waals surface area contributed by atoms with Crippen LogP contribution in [0.25, 0.3) is 21.8 Å². The van der Waals surface area contributed by atoms with Crippen LogP contribution in [-0.2, 0) is 11.4 Å². The summed E-state index contributed by atoms with van der Waals surface area (Å²) in [4.78, 5) is 20.4. The smallest absolute Gasteiger partial charge is 0.226 e. The fourth-order valence-electron chi connectivity index (χ4n) is 4.08. The average Bonchev–Trinajstić information content (AvgIpc) is 3.46. The van der Waals surface area contributed by atoms with E-state index in [-0.39, 0.29) is 18.6 Å². The van der Waals surface area contributed by atoms with Gasteiger partial charge < -0.3 is 20.0 Å². The van der Waals surface area contributed by atoms with Crippen molar-refractivity contribution in [3.05, 3.63) is 96.6 Å². The van der Waals surface area contributed by atoms with Crippen LogP contribution in [0.2, 0.25) is 0 Å². The minimum atomic E-state index is -0.153. The van der Waals surface area contributed by atoms with Crippen LogP contribution in [-0.4, -0.2) is 25.5 Å². The van der Waals surface area contributed by atoms with E-state index in [2.05, 4.69) is 44.1 Å². The van der Waals surface area contributed by atoms with Crippen LogP contribution in [0, 0.1) is 0 Å².